The molecule has 1 saturated heterocycles. The molecule has 6 atom stereocenters. The fraction of sp³-hybridized carbons (Fsp3) is 0.696. The number of esters is 1. The fourth-order valence-corrected chi connectivity index (χ4v) is 6.33. The van der Waals surface area contributed by atoms with Gasteiger partial charge in [-0.25, -0.2) is 19.0 Å². The topological polar surface area (TPSA) is 216 Å². The van der Waals surface area contributed by atoms with Crippen molar-refractivity contribution >= 4 is 65.1 Å². The van der Waals surface area contributed by atoms with E-state index in [1.54, 1.807) is 34.6 Å². The normalized spacial score (nSPS) is 25.0. The van der Waals surface area contributed by atoms with E-state index in [2.05, 4.69) is 20.0 Å². The van der Waals surface area contributed by atoms with E-state index in [1.807, 2.05) is 0 Å². The number of nitrogens with zero attached hydrogens (tertiary/aromatic N) is 4. The van der Waals surface area contributed by atoms with Gasteiger partial charge in [-0.2, -0.15) is 9.97 Å². The minimum absolute atomic E-state index is 0.00286. The minimum atomic E-state index is -4.33. The SMILES string of the molecule is CC(C)OC(=O)[C@@H](C)N[P@](=O)(OCCSC(=O)C(C)(C)C)OC[C@H]1O[C@@H](n2cnc3c(N)nc(N)nc32)[C@](F)(Cl)[C@@H]1O. The lowest BCUT2D eigenvalue weighted by atomic mass is 10.00. The van der Waals surface area contributed by atoms with Crippen molar-refractivity contribution in [1.29, 1.82) is 0 Å². The Morgan fingerprint density at radius 2 is 1.98 bits per heavy atom. The van der Waals surface area contributed by atoms with Gasteiger partial charge in [0.2, 0.25) is 5.95 Å². The number of halogens is 2. The molecule has 0 aliphatic carbocycles. The van der Waals surface area contributed by atoms with Gasteiger partial charge in [0.1, 0.15) is 23.8 Å². The number of carbonyl (C=O) groups is 2. The molecule has 0 aromatic carbocycles. The number of ether oxygens (including phenoxy) is 2. The molecule has 42 heavy (non-hydrogen) atoms. The van der Waals surface area contributed by atoms with Gasteiger partial charge in [-0.3, -0.25) is 23.2 Å². The quantitative estimate of drug-likeness (QED) is 0.112. The van der Waals surface area contributed by atoms with Gasteiger partial charge in [-0.15, -0.1) is 0 Å². The highest BCUT2D eigenvalue weighted by atomic mass is 35.5. The van der Waals surface area contributed by atoms with Crippen LogP contribution in [0.4, 0.5) is 16.2 Å². The zero-order chi connectivity index (χ0) is 31.6. The van der Waals surface area contributed by atoms with Crippen molar-refractivity contribution in [1.82, 2.24) is 24.6 Å². The molecule has 1 fully saturated rings. The number of alkyl halides is 2. The summed E-state index contributed by atoms with van der Waals surface area (Å²) in [6.07, 6.45) is -4.46. The van der Waals surface area contributed by atoms with Gasteiger partial charge in [-0.05, 0) is 20.8 Å². The molecular formula is C23H36ClFN7O8PS. The van der Waals surface area contributed by atoms with Gasteiger partial charge in [0, 0.05) is 11.2 Å². The van der Waals surface area contributed by atoms with Crippen LogP contribution in [0, 0.1) is 5.41 Å². The Morgan fingerprint density at radius 3 is 2.60 bits per heavy atom. The predicted octanol–water partition coefficient (Wildman–Crippen LogP) is 2.53. The van der Waals surface area contributed by atoms with Crippen molar-refractivity contribution < 1.29 is 42.2 Å². The maximum atomic E-state index is 15.7. The number of hydrogen-bond donors (Lipinski definition) is 4. The van der Waals surface area contributed by atoms with Crippen LogP contribution in [0.3, 0.4) is 0 Å². The average Bonchev–Trinajstić information content (AvgIpc) is 3.37. The Hall–Kier alpha value is -2.11. The zero-order valence-electron chi connectivity index (χ0n) is 23.9. The molecule has 6 N–H and O–H groups in total. The third-order valence-corrected chi connectivity index (χ3v) is 9.12. The summed E-state index contributed by atoms with van der Waals surface area (Å²) in [5.41, 5.74) is 11.0. The highest BCUT2D eigenvalue weighted by molar-refractivity contribution is 8.13. The molecule has 3 rings (SSSR count). The number of anilines is 2. The number of nitrogens with two attached hydrogens (primary N) is 2. The molecule has 0 saturated carbocycles. The monoisotopic (exact) mass is 655 g/mol. The summed E-state index contributed by atoms with van der Waals surface area (Å²) in [7, 11) is -4.33. The molecule has 1 aliphatic heterocycles. The van der Waals surface area contributed by atoms with Gasteiger partial charge in [-0.1, -0.05) is 44.1 Å². The Morgan fingerprint density at radius 1 is 1.31 bits per heavy atom. The van der Waals surface area contributed by atoms with Crippen molar-refractivity contribution in [3.05, 3.63) is 6.33 Å². The summed E-state index contributed by atoms with van der Waals surface area (Å²) in [4.78, 5) is 36.4. The summed E-state index contributed by atoms with van der Waals surface area (Å²) < 4.78 is 52.2. The fourth-order valence-electron chi connectivity index (χ4n) is 3.65. The summed E-state index contributed by atoms with van der Waals surface area (Å²) in [6.45, 7) is 9.03. The second-order valence-electron chi connectivity index (χ2n) is 10.8. The molecule has 2 aromatic rings. The first kappa shape index (κ1) is 34.4. The molecule has 3 heterocycles. The van der Waals surface area contributed by atoms with Crippen LogP contribution in [0.1, 0.15) is 47.8 Å². The number of thioether (sulfide) groups is 1. The van der Waals surface area contributed by atoms with Crippen molar-refractivity contribution in [2.24, 2.45) is 5.41 Å². The molecule has 0 bridgehead atoms. The second-order valence-corrected chi connectivity index (χ2v) is 14.2. The van der Waals surface area contributed by atoms with Crippen molar-refractivity contribution in [3.8, 4) is 0 Å². The Balaban J connectivity index is 1.76. The van der Waals surface area contributed by atoms with Gasteiger partial charge >= 0.3 is 13.7 Å². The number of aliphatic hydroxyl groups is 1. The van der Waals surface area contributed by atoms with Gasteiger partial charge < -0.3 is 26.0 Å². The van der Waals surface area contributed by atoms with Crippen LogP contribution in [0.25, 0.3) is 11.2 Å². The number of aromatic nitrogens is 4. The molecule has 0 amide bonds. The Kier molecular flexibility index (Phi) is 10.9. The van der Waals surface area contributed by atoms with E-state index in [1.165, 1.54) is 6.92 Å². The molecule has 15 nitrogen and oxygen atoms in total. The Labute approximate surface area is 251 Å². The minimum Gasteiger partial charge on any atom is -0.462 e. The van der Waals surface area contributed by atoms with Crippen LogP contribution in [0.2, 0.25) is 0 Å². The molecule has 2 aromatic heterocycles. The number of nitrogen functional groups attached to an aromatic ring is 2. The molecule has 236 valence electrons. The summed E-state index contributed by atoms with van der Waals surface area (Å²) in [5, 5.41) is 10.1. The molecule has 0 unspecified atom stereocenters. The largest absolute Gasteiger partial charge is 0.462 e. The third kappa shape index (κ3) is 8.08. The zero-order valence-corrected chi connectivity index (χ0v) is 26.4. The number of aliphatic hydroxyl groups excluding tert-OH is 1. The van der Waals surface area contributed by atoms with Gasteiger partial charge in [0.25, 0.3) is 5.13 Å². The number of fused-ring (bicyclic) bond motifs is 1. The van der Waals surface area contributed by atoms with E-state index < -0.39 is 61.4 Å². The number of carbonyl (C=O) groups excluding carboxylic acids is 2. The van der Waals surface area contributed by atoms with E-state index in [9.17, 15) is 19.3 Å². The first-order valence-corrected chi connectivity index (χ1v) is 15.8. The first-order valence-electron chi connectivity index (χ1n) is 12.9. The molecule has 0 radical (unpaired) electrons. The number of nitrogens with one attached hydrogen (secondary N) is 1. The lowest BCUT2D eigenvalue weighted by Crippen LogP contribution is -2.39. The van der Waals surface area contributed by atoms with E-state index in [-0.39, 0.29) is 40.4 Å². The van der Waals surface area contributed by atoms with E-state index in [0.717, 1.165) is 22.7 Å². The predicted molar refractivity (Wildman–Crippen MR) is 154 cm³/mol. The summed E-state index contributed by atoms with van der Waals surface area (Å²) in [5.74, 6) is -0.887. The number of hydrogen-bond acceptors (Lipinski definition) is 14. The molecule has 1 aliphatic rings. The van der Waals surface area contributed by atoms with Crippen molar-refractivity contribution in [2.75, 3.05) is 30.4 Å². The van der Waals surface area contributed by atoms with Crippen LogP contribution in [-0.2, 0) is 32.7 Å². The van der Waals surface area contributed by atoms with E-state index in [4.69, 9.17) is 41.6 Å². The Bertz CT molecular complexity index is 1340. The lowest BCUT2D eigenvalue weighted by molar-refractivity contribution is -0.149. The maximum Gasteiger partial charge on any atom is 0.406 e. The average molecular weight is 656 g/mol. The molecule has 0 spiro atoms. The van der Waals surface area contributed by atoms with Crippen molar-refractivity contribution in [2.45, 2.75) is 77.3 Å². The van der Waals surface area contributed by atoms with Gasteiger partial charge in [0.05, 0.1) is 25.6 Å². The highest BCUT2D eigenvalue weighted by Crippen LogP contribution is 2.49. The molecule has 19 heteroatoms. The summed E-state index contributed by atoms with van der Waals surface area (Å²) in [6, 6.07) is -1.15. The van der Waals surface area contributed by atoms with E-state index >= 15 is 4.39 Å². The van der Waals surface area contributed by atoms with E-state index in [0.29, 0.717) is 0 Å². The number of rotatable bonds is 12. The van der Waals surface area contributed by atoms with Crippen LogP contribution >= 0.6 is 31.1 Å². The smallest absolute Gasteiger partial charge is 0.406 e. The second kappa shape index (κ2) is 13.3. The maximum absolute atomic E-state index is 15.7. The van der Waals surface area contributed by atoms with Crippen LogP contribution in [0.5, 0.6) is 0 Å². The van der Waals surface area contributed by atoms with Crippen LogP contribution < -0.4 is 16.6 Å². The first-order chi connectivity index (χ1) is 19.4. The van der Waals surface area contributed by atoms with Crippen LogP contribution in [0.15, 0.2) is 6.33 Å². The third-order valence-electron chi connectivity index (χ3n) is 5.75. The lowest BCUT2D eigenvalue weighted by Gasteiger charge is -2.25. The summed E-state index contributed by atoms with van der Waals surface area (Å²) >= 11 is 7.05. The van der Waals surface area contributed by atoms with Crippen molar-refractivity contribution in [3.63, 3.8) is 0 Å². The standard InChI is InChI=1S/C23H36ClFN7O8PS/c1-11(2)39-18(34)12(3)31-41(36,37-7-8-42-20(35)22(4,5)6)38-9-13-15(33)23(24,25)19(40-13)32-10-28-14-16(26)29-21(27)30-17(14)32/h10-13,15,19,33H,7-9H2,1-6H3,(H,31,36)(H4,26,27,29,30)/t12-,13-,15-,19-,23+,41+/m1/s1. The van der Waals surface area contributed by atoms with Gasteiger partial charge in [0.15, 0.2) is 22.8 Å². The molecular weight excluding hydrogens is 620 g/mol. The highest BCUT2D eigenvalue weighted by Gasteiger charge is 2.58. The number of imidazole rings is 1. The van der Waals surface area contributed by atoms with Crippen LogP contribution in [-0.4, -0.2) is 84.2 Å².